The van der Waals surface area contributed by atoms with E-state index in [2.05, 4.69) is 0 Å². The van der Waals surface area contributed by atoms with Gasteiger partial charge in [0.2, 0.25) is 5.78 Å². The van der Waals surface area contributed by atoms with Crippen LogP contribution in [-0.2, 0) is 0 Å². The molecular weight excluding hydrogens is 281 g/mol. The molecule has 0 spiro atoms. The van der Waals surface area contributed by atoms with Crippen LogP contribution in [0.25, 0.3) is 11.0 Å². The summed E-state index contributed by atoms with van der Waals surface area (Å²) < 4.78 is 18.8. The van der Waals surface area contributed by atoms with Crippen molar-refractivity contribution in [1.82, 2.24) is 0 Å². The SMILES string of the molecule is Nc1cc(C(=O)c2cc3cccc(F)c3o2)ccc1Cl. The van der Waals surface area contributed by atoms with Crippen molar-refractivity contribution in [2.75, 3.05) is 5.73 Å². The second kappa shape index (κ2) is 4.65. The molecule has 0 unspecified atom stereocenters. The van der Waals surface area contributed by atoms with Gasteiger partial charge in [0.25, 0.3) is 0 Å². The molecule has 0 aliphatic heterocycles. The van der Waals surface area contributed by atoms with Gasteiger partial charge in [-0.3, -0.25) is 4.79 Å². The summed E-state index contributed by atoms with van der Waals surface area (Å²) in [7, 11) is 0. The molecule has 0 radical (unpaired) electrons. The Bertz CT molecular complexity index is 826. The summed E-state index contributed by atoms with van der Waals surface area (Å²) in [5.41, 5.74) is 6.37. The van der Waals surface area contributed by atoms with Gasteiger partial charge in [0.15, 0.2) is 17.2 Å². The van der Waals surface area contributed by atoms with E-state index in [9.17, 15) is 9.18 Å². The maximum Gasteiger partial charge on any atom is 0.228 e. The van der Waals surface area contributed by atoms with Crippen LogP contribution >= 0.6 is 11.6 Å². The molecule has 3 aromatic rings. The minimum Gasteiger partial charge on any atom is -0.449 e. The van der Waals surface area contributed by atoms with E-state index in [4.69, 9.17) is 21.8 Å². The highest BCUT2D eigenvalue weighted by Gasteiger charge is 2.17. The lowest BCUT2D eigenvalue weighted by molar-refractivity contribution is 0.101. The van der Waals surface area contributed by atoms with Crippen LogP contribution in [0.1, 0.15) is 16.1 Å². The van der Waals surface area contributed by atoms with Crippen LogP contribution < -0.4 is 5.73 Å². The molecule has 5 heteroatoms. The Labute approximate surface area is 118 Å². The van der Waals surface area contributed by atoms with Gasteiger partial charge >= 0.3 is 0 Å². The highest BCUT2D eigenvalue weighted by Crippen LogP contribution is 2.26. The summed E-state index contributed by atoms with van der Waals surface area (Å²) in [4.78, 5) is 12.3. The first-order valence-electron chi connectivity index (χ1n) is 5.84. The molecule has 1 aromatic heterocycles. The highest BCUT2D eigenvalue weighted by molar-refractivity contribution is 6.33. The van der Waals surface area contributed by atoms with Crippen molar-refractivity contribution >= 4 is 34.0 Å². The summed E-state index contributed by atoms with van der Waals surface area (Å²) in [6.07, 6.45) is 0. The third kappa shape index (κ3) is 2.04. The van der Waals surface area contributed by atoms with Gasteiger partial charge in [-0.05, 0) is 30.3 Å². The third-order valence-corrected chi connectivity index (χ3v) is 3.32. The summed E-state index contributed by atoms with van der Waals surface area (Å²) >= 11 is 5.81. The number of hydrogen-bond donors (Lipinski definition) is 1. The first-order chi connectivity index (χ1) is 9.56. The smallest absolute Gasteiger partial charge is 0.228 e. The van der Waals surface area contributed by atoms with E-state index in [-0.39, 0.29) is 17.1 Å². The fraction of sp³-hybridized carbons (Fsp3) is 0. The van der Waals surface area contributed by atoms with Gasteiger partial charge in [0, 0.05) is 10.9 Å². The van der Waals surface area contributed by atoms with E-state index in [0.717, 1.165) is 0 Å². The fourth-order valence-electron chi connectivity index (χ4n) is 1.97. The predicted octanol–water partition coefficient (Wildman–Crippen LogP) is 4.04. The fourth-order valence-corrected chi connectivity index (χ4v) is 2.08. The molecule has 0 saturated carbocycles. The maximum atomic E-state index is 13.5. The highest BCUT2D eigenvalue weighted by atomic mass is 35.5. The number of furan rings is 1. The molecule has 2 aromatic carbocycles. The van der Waals surface area contributed by atoms with Crippen molar-refractivity contribution in [3.63, 3.8) is 0 Å². The van der Waals surface area contributed by atoms with Gasteiger partial charge < -0.3 is 10.2 Å². The van der Waals surface area contributed by atoms with Crippen molar-refractivity contribution < 1.29 is 13.6 Å². The molecule has 20 heavy (non-hydrogen) atoms. The van der Waals surface area contributed by atoms with Crippen LogP contribution in [0.3, 0.4) is 0 Å². The molecule has 2 N–H and O–H groups in total. The Morgan fingerprint density at radius 1 is 1.20 bits per heavy atom. The molecule has 0 fully saturated rings. The van der Waals surface area contributed by atoms with Crippen molar-refractivity contribution in [3.05, 3.63) is 64.6 Å². The van der Waals surface area contributed by atoms with Gasteiger partial charge in [-0.2, -0.15) is 0 Å². The Morgan fingerprint density at radius 3 is 2.70 bits per heavy atom. The van der Waals surface area contributed by atoms with Gasteiger partial charge in [-0.15, -0.1) is 0 Å². The average molecular weight is 290 g/mol. The second-order valence-electron chi connectivity index (χ2n) is 4.33. The Morgan fingerprint density at radius 2 is 2.00 bits per heavy atom. The quantitative estimate of drug-likeness (QED) is 0.572. The van der Waals surface area contributed by atoms with Crippen LogP contribution in [0, 0.1) is 5.82 Å². The number of hydrogen-bond acceptors (Lipinski definition) is 3. The zero-order chi connectivity index (χ0) is 14.3. The molecule has 1 heterocycles. The van der Waals surface area contributed by atoms with Gasteiger partial charge in [0.05, 0.1) is 10.7 Å². The number of carbonyl (C=O) groups excluding carboxylic acids is 1. The summed E-state index contributed by atoms with van der Waals surface area (Å²) in [5, 5.41) is 0.910. The molecule has 0 aliphatic rings. The van der Waals surface area contributed by atoms with Gasteiger partial charge in [0.1, 0.15) is 0 Å². The maximum absolute atomic E-state index is 13.5. The topological polar surface area (TPSA) is 56.2 Å². The molecule has 3 nitrogen and oxygen atoms in total. The van der Waals surface area contributed by atoms with Crippen LogP contribution in [0.15, 0.2) is 46.9 Å². The summed E-state index contributed by atoms with van der Waals surface area (Å²) in [6.45, 7) is 0. The van der Waals surface area contributed by atoms with Crippen LogP contribution in [0.4, 0.5) is 10.1 Å². The third-order valence-electron chi connectivity index (χ3n) is 2.98. The predicted molar refractivity (Wildman–Crippen MR) is 75.5 cm³/mol. The number of rotatable bonds is 2. The Balaban J connectivity index is 2.08. The molecular formula is C15H9ClFNO2. The summed E-state index contributed by atoms with van der Waals surface area (Å²) in [6, 6.07) is 10.6. The lowest BCUT2D eigenvalue weighted by Gasteiger charge is -2.01. The number of ketones is 1. The Hall–Kier alpha value is -2.33. The van der Waals surface area contributed by atoms with Crippen molar-refractivity contribution in [2.24, 2.45) is 0 Å². The lowest BCUT2D eigenvalue weighted by Crippen LogP contribution is -2.00. The monoisotopic (exact) mass is 289 g/mol. The number of fused-ring (bicyclic) bond motifs is 1. The van der Waals surface area contributed by atoms with E-state index < -0.39 is 5.82 Å². The zero-order valence-electron chi connectivity index (χ0n) is 10.2. The molecule has 3 rings (SSSR count). The number of carbonyl (C=O) groups is 1. The van der Waals surface area contributed by atoms with Crippen LogP contribution in [-0.4, -0.2) is 5.78 Å². The second-order valence-corrected chi connectivity index (χ2v) is 4.74. The van der Waals surface area contributed by atoms with Crippen LogP contribution in [0.2, 0.25) is 5.02 Å². The van der Waals surface area contributed by atoms with E-state index in [1.165, 1.54) is 24.3 Å². The minimum absolute atomic E-state index is 0.0619. The standard InChI is InChI=1S/C15H9ClFNO2/c16-10-5-4-8(6-12(10)18)14(19)13-7-9-2-1-3-11(17)15(9)20-13/h1-7H,18H2. The van der Waals surface area contributed by atoms with Crippen molar-refractivity contribution in [3.8, 4) is 0 Å². The largest absolute Gasteiger partial charge is 0.449 e. The average Bonchev–Trinajstić information content (AvgIpc) is 2.86. The molecule has 0 atom stereocenters. The van der Waals surface area contributed by atoms with E-state index >= 15 is 0 Å². The first kappa shape index (κ1) is 12.7. The van der Waals surface area contributed by atoms with Gasteiger partial charge in [-0.1, -0.05) is 23.7 Å². The lowest BCUT2D eigenvalue weighted by atomic mass is 10.1. The Kier molecular flexibility index (Phi) is 2.95. The van der Waals surface area contributed by atoms with Gasteiger partial charge in [-0.25, -0.2) is 4.39 Å². The molecule has 0 saturated heterocycles. The van der Waals surface area contributed by atoms with Crippen LogP contribution in [0.5, 0.6) is 0 Å². The minimum atomic E-state index is -0.503. The number of nitrogens with two attached hydrogens (primary N) is 1. The van der Waals surface area contributed by atoms with E-state index in [1.807, 2.05) is 0 Å². The molecule has 100 valence electrons. The number of halogens is 2. The number of benzene rings is 2. The summed E-state index contributed by atoms with van der Waals surface area (Å²) in [5.74, 6) is -0.812. The molecule has 0 aliphatic carbocycles. The zero-order valence-corrected chi connectivity index (χ0v) is 10.9. The normalized spacial score (nSPS) is 10.9. The number of nitrogen functional groups attached to an aromatic ring is 1. The number of anilines is 1. The van der Waals surface area contributed by atoms with Crippen molar-refractivity contribution in [1.29, 1.82) is 0 Å². The molecule has 0 amide bonds. The molecule has 0 bridgehead atoms. The van der Waals surface area contributed by atoms with Crippen molar-refractivity contribution in [2.45, 2.75) is 0 Å². The number of para-hydroxylation sites is 1. The first-order valence-corrected chi connectivity index (χ1v) is 6.22. The van der Waals surface area contributed by atoms with E-state index in [0.29, 0.717) is 21.7 Å². The van der Waals surface area contributed by atoms with E-state index in [1.54, 1.807) is 18.2 Å².